The van der Waals surface area contributed by atoms with Gasteiger partial charge in [-0.1, -0.05) is 86.7 Å². The fraction of sp³-hybridized carbons (Fsp3) is 0.311. The Morgan fingerprint density at radius 2 is 1.24 bits per heavy atom. The Morgan fingerprint density at radius 3 is 1.82 bits per heavy atom. The van der Waals surface area contributed by atoms with Crippen LogP contribution in [0.4, 0.5) is 17.1 Å². The molecule has 0 aromatic heterocycles. The minimum Gasteiger partial charge on any atom is -0.472 e. The summed E-state index contributed by atoms with van der Waals surface area (Å²) in [5, 5.41) is 2.32. The van der Waals surface area contributed by atoms with Crippen LogP contribution in [0, 0.1) is 6.57 Å². The maximum atomic E-state index is 7.72. The number of rotatable bonds is 4. The Kier molecular flexibility index (Phi) is 7.09. The largest absolute Gasteiger partial charge is 0.472 e. The van der Waals surface area contributed by atoms with Gasteiger partial charge in [-0.05, 0) is 96.5 Å². The molecule has 0 bridgehead atoms. The first-order valence-electron chi connectivity index (χ1n) is 18.2. The fourth-order valence-corrected chi connectivity index (χ4v) is 9.11. The number of hydrogen-bond acceptors (Lipinski definition) is 3. The smallest absolute Gasteiger partial charge is 0.187 e. The van der Waals surface area contributed by atoms with Gasteiger partial charge in [-0.2, -0.15) is 0 Å². The van der Waals surface area contributed by atoms with Gasteiger partial charge in [0.15, 0.2) is 11.3 Å². The molecule has 4 nitrogen and oxygen atoms in total. The standard InChI is InChI=1S/C45H43N3O/c1-44(2)40-30-33(46-3)18-23-38(40)41-36-12-6-7-13-37(36)43-39(42(41)44)24-25-45(49-43,31-14-19-34(20-15-31)47-26-8-4-9-27-47)32-16-21-35(22-17-32)48-28-10-5-11-29-48/h6-7,12-25,30H,4-5,8-11,26-29H2,1-2H3. The van der Waals surface area contributed by atoms with E-state index in [4.69, 9.17) is 11.3 Å². The minimum absolute atomic E-state index is 0.292. The zero-order valence-electron chi connectivity index (χ0n) is 28.6. The van der Waals surface area contributed by atoms with Crippen LogP contribution in [0.15, 0.2) is 97.1 Å². The molecule has 0 atom stereocenters. The quantitative estimate of drug-likeness (QED) is 0.182. The second-order valence-electron chi connectivity index (χ2n) is 14.9. The Morgan fingerprint density at radius 1 is 0.673 bits per heavy atom. The topological polar surface area (TPSA) is 20.1 Å². The molecule has 9 rings (SSSR count). The van der Waals surface area contributed by atoms with E-state index in [1.165, 1.54) is 77.5 Å². The predicted octanol–water partition coefficient (Wildman–Crippen LogP) is 11.0. The van der Waals surface area contributed by atoms with Gasteiger partial charge in [0.25, 0.3) is 0 Å². The molecular formula is C45H43N3O. The lowest BCUT2D eigenvalue weighted by Gasteiger charge is -2.39. The number of ether oxygens (including phenoxy) is 1. The van der Waals surface area contributed by atoms with E-state index in [0.717, 1.165) is 54.0 Å². The molecule has 3 heterocycles. The Hall–Kier alpha value is -5.01. The van der Waals surface area contributed by atoms with Crippen molar-refractivity contribution in [3.8, 4) is 16.9 Å². The first-order chi connectivity index (χ1) is 24.0. The van der Waals surface area contributed by atoms with Crippen molar-refractivity contribution in [2.24, 2.45) is 0 Å². The Bertz CT molecular complexity index is 2080. The van der Waals surface area contributed by atoms with Gasteiger partial charge in [0, 0.05) is 65.0 Å². The van der Waals surface area contributed by atoms with E-state index < -0.39 is 5.60 Å². The highest BCUT2D eigenvalue weighted by atomic mass is 16.5. The van der Waals surface area contributed by atoms with Crippen molar-refractivity contribution in [2.75, 3.05) is 36.0 Å². The zero-order chi connectivity index (χ0) is 33.2. The van der Waals surface area contributed by atoms with E-state index in [1.807, 2.05) is 6.07 Å². The van der Waals surface area contributed by atoms with Gasteiger partial charge in [0.1, 0.15) is 5.75 Å². The van der Waals surface area contributed by atoms with Gasteiger partial charge < -0.3 is 14.5 Å². The predicted molar refractivity (Wildman–Crippen MR) is 203 cm³/mol. The summed E-state index contributed by atoms with van der Waals surface area (Å²) in [5.74, 6) is 0.934. The number of benzene rings is 5. The van der Waals surface area contributed by atoms with Gasteiger partial charge in [0.05, 0.1) is 6.57 Å². The molecule has 4 aliphatic rings. The van der Waals surface area contributed by atoms with Gasteiger partial charge in [-0.25, -0.2) is 4.85 Å². The summed E-state index contributed by atoms with van der Waals surface area (Å²) in [6.45, 7) is 16.8. The van der Waals surface area contributed by atoms with Crippen LogP contribution in [0.25, 0.3) is 32.8 Å². The molecule has 2 fully saturated rings. The number of hydrogen-bond donors (Lipinski definition) is 0. The van der Waals surface area contributed by atoms with E-state index in [-0.39, 0.29) is 5.41 Å². The molecule has 0 unspecified atom stereocenters. The summed E-state index contributed by atoms with van der Waals surface area (Å²) in [6.07, 6.45) is 12.3. The summed E-state index contributed by atoms with van der Waals surface area (Å²) >= 11 is 0. The van der Waals surface area contributed by atoms with E-state index in [1.54, 1.807) is 0 Å². The third kappa shape index (κ3) is 4.70. The van der Waals surface area contributed by atoms with Crippen molar-refractivity contribution in [3.05, 3.63) is 136 Å². The summed E-state index contributed by atoms with van der Waals surface area (Å²) in [4.78, 5) is 8.84. The monoisotopic (exact) mass is 641 g/mol. The first kappa shape index (κ1) is 30.1. The molecule has 0 saturated carbocycles. The van der Waals surface area contributed by atoms with Crippen LogP contribution in [-0.4, -0.2) is 26.2 Å². The van der Waals surface area contributed by atoms with Crippen LogP contribution in [-0.2, 0) is 11.0 Å². The van der Waals surface area contributed by atoms with E-state index in [0.29, 0.717) is 5.69 Å². The highest BCUT2D eigenvalue weighted by molar-refractivity contribution is 6.08. The Labute approximate surface area is 290 Å². The van der Waals surface area contributed by atoms with Crippen LogP contribution < -0.4 is 14.5 Å². The summed E-state index contributed by atoms with van der Waals surface area (Å²) in [5.41, 5.74) is 10.6. The highest BCUT2D eigenvalue weighted by Gasteiger charge is 2.44. The van der Waals surface area contributed by atoms with Crippen LogP contribution in [0.3, 0.4) is 0 Å². The van der Waals surface area contributed by atoms with Crippen molar-refractivity contribution in [1.82, 2.24) is 0 Å². The molecule has 1 aliphatic carbocycles. The molecule has 0 amide bonds. The van der Waals surface area contributed by atoms with E-state index in [2.05, 4.69) is 126 Å². The number of anilines is 2. The lowest BCUT2D eigenvalue weighted by molar-refractivity contribution is 0.163. The van der Waals surface area contributed by atoms with Gasteiger partial charge in [0.2, 0.25) is 0 Å². The van der Waals surface area contributed by atoms with Crippen molar-refractivity contribution in [3.63, 3.8) is 0 Å². The number of nitrogens with zero attached hydrogens (tertiary/aromatic N) is 3. The molecule has 4 heteroatoms. The van der Waals surface area contributed by atoms with Crippen LogP contribution in [0.2, 0.25) is 0 Å². The first-order valence-corrected chi connectivity index (χ1v) is 18.2. The molecule has 0 spiro atoms. The second kappa shape index (κ2) is 11.6. The number of piperidine rings is 2. The van der Waals surface area contributed by atoms with Crippen molar-refractivity contribution in [2.45, 2.75) is 63.4 Å². The molecule has 0 radical (unpaired) electrons. The molecule has 49 heavy (non-hydrogen) atoms. The summed E-state index contributed by atoms with van der Waals surface area (Å²) in [6, 6.07) is 33.3. The third-order valence-electron chi connectivity index (χ3n) is 11.7. The summed E-state index contributed by atoms with van der Waals surface area (Å²) < 4.78 is 7.58. The second-order valence-corrected chi connectivity index (χ2v) is 14.9. The van der Waals surface area contributed by atoms with E-state index in [9.17, 15) is 0 Å². The Balaban J connectivity index is 1.22. The average Bonchev–Trinajstić information content (AvgIpc) is 3.41. The van der Waals surface area contributed by atoms with Crippen molar-refractivity contribution >= 4 is 33.9 Å². The van der Waals surface area contributed by atoms with Crippen LogP contribution in [0.5, 0.6) is 5.75 Å². The lowest BCUT2D eigenvalue weighted by Crippen LogP contribution is -2.35. The number of fused-ring (bicyclic) bond motifs is 8. The van der Waals surface area contributed by atoms with Crippen molar-refractivity contribution < 1.29 is 4.74 Å². The normalized spacial score (nSPS) is 18.7. The zero-order valence-corrected chi connectivity index (χ0v) is 28.6. The van der Waals surface area contributed by atoms with Gasteiger partial charge in [-0.15, -0.1) is 0 Å². The van der Waals surface area contributed by atoms with Gasteiger partial charge >= 0.3 is 0 Å². The SMILES string of the molecule is [C-]#[N+]c1ccc2c(c1)C(C)(C)c1c3c(c4ccccc4c1-2)OC(c1ccc(N2CCCCC2)cc1)(c1ccc(N2CCCCC2)cc1)C=C3. The molecule has 5 aromatic rings. The fourth-order valence-electron chi connectivity index (χ4n) is 9.11. The van der Waals surface area contributed by atoms with E-state index >= 15 is 0 Å². The molecule has 0 N–H and O–H groups in total. The molecule has 244 valence electrons. The van der Waals surface area contributed by atoms with Crippen molar-refractivity contribution in [1.29, 1.82) is 0 Å². The lowest BCUT2D eigenvalue weighted by atomic mass is 9.76. The third-order valence-corrected chi connectivity index (χ3v) is 11.7. The maximum absolute atomic E-state index is 7.72. The molecule has 2 saturated heterocycles. The molecule has 3 aliphatic heterocycles. The molecular weight excluding hydrogens is 599 g/mol. The highest BCUT2D eigenvalue weighted by Crippen LogP contribution is 2.58. The molecule has 5 aromatic carbocycles. The van der Waals surface area contributed by atoms with Crippen LogP contribution in [0.1, 0.15) is 80.2 Å². The van der Waals surface area contributed by atoms with Crippen LogP contribution >= 0.6 is 0 Å². The van der Waals surface area contributed by atoms with Gasteiger partial charge in [-0.3, -0.25) is 0 Å². The summed E-state index contributed by atoms with van der Waals surface area (Å²) in [7, 11) is 0. The maximum Gasteiger partial charge on any atom is 0.187 e. The minimum atomic E-state index is -0.794. The average molecular weight is 642 g/mol.